The summed E-state index contributed by atoms with van der Waals surface area (Å²) in [6, 6.07) is 0.973. The summed E-state index contributed by atoms with van der Waals surface area (Å²) < 4.78 is 37.6. The Kier molecular flexibility index (Phi) is 3.53. The number of nitrogens with one attached hydrogen (secondary N) is 1. The fraction of sp³-hybridized carbons (Fsp3) is 0.750. The van der Waals surface area contributed by atoms with Crippen molar-refractivity contribution in [3.63, 3.8) is 0 Å². The molecular formula is C12H16F3N3S. The van der Waals surface area contributed by atoms with Crippen molar-refractivity contribution in [1.29, 1.82) is 0 Å². The Morgan fingerprint density at radius 3 is 2.84 bits per heavy atom. The molecule has 2 unspecified atom stereocenters. The Morgan fingerprint density at radius 2 is 2.11 bits per heavy atom. The van der Waals surface area contributed by atoms with Gasteiger partial charge in [-0.3, -0.25) is 4.90 Å². The molecular weight excluding hydrogens is 275 g/mol. The van der Waals surface area contributed by atoms with Gasteiger partial charge in [-0.05, 0) is 25.8 Å². The maximum Gasteiger partial charge on any atom is 0.443 e. The Balaban J connectivity index is 1.72. The Hall–Kier alpha value is -0.660. The third kappa shape index (κ3) is 2.78. The lowest BCUT2D eigenvalue weighted by Crippen LogP contribution is -2.37. The predicted molar refractivity (Wildman–Crippen MR) is 67.0 cm³/mol. The molecule has 0 saturated carbocycles. The molecule has 1 aromatic rings. The van der Waals surface area contributed by atoms with E-state index in [1.54, 1.807) is 0 Å². The molecule has 0 aromatic carbocycles. The van der Waals surface area contributed by atoms with Gasteiger partial charge in [0.2, 0.25) is 0 Å². The normalized spacial score (nSPS) is 28.6. The molecule has 1 aromatic heterocycles. The molecule has 2 fully saturated rings. The van der Waals surface area contributed by atoms with Crippen LogP contribution in [0.3, 0.4) is 0 Å². The first kappa shape index (κ1) is 13.3. The SMILES string of the molecule is FC(F)(F)c1ncc(CN2C3CCNCC2CC3)s1. The molecule has 0 spiro atoms. The Bertz CT molecular complexity index is 432. The van der Waals surface area contributed by atoms with Crippen LogP contribution in [0.25, 0.3) is 0 Å². The van der Waals surface area contributed by atoms with Crippen molar-refractivity contribution in [3.8, 4) is 0 Å². The zero-order chi connectivity index (χ0) is 13.5. The predicted octanol–water partition coefficient (Wildman–Crippen LogP) is 2.49. The highest BCUT2D eigenvalue weighted by Crippen LogP contribution is 2.35. The zero-order valence-electron chi connectivity index (χ0n) is 10.4. The van der Waals surface area contributed by atoms with Crippen LogP contribution in [0.1, 0.15) is 29.1 Å². The molecule has 1 N–H and O–H groups in total. The lowest BCUT2D eigenvalue weighted by Gasteiger charge is -2.26. The van der Waals surface area contributed by atoms with Crippen LogP contribution in [0.5, 0.6) is 0 Å². The van der Waals surface area contributed by atoms with Crippen molar-refractivity contribution >= 4 is 11.3 Å². The molecule has 0 aliphatic carbocycles. The lowest BCUT2D eigenvalue weighted by molar-refractivity contribution is -0.137. The smallest absolute Gasteiger partial charge is 0.315 e. The molecule has 2 aliphatic rings. The minimum atomic E-state index is -4.32. The molecule has 0 amide bonds. The van der Waals surface area contributed by atoms with E-state index in [2.05, 4.69) is 15.2 Å². The third-order valence-corrected chi connectivity index (χ3v) is 4.97. The molecule has 2 aliphatic heterocycles. The highest BCUT2D eigenvalue weighted by Gasteiger charge is 2.37. The molecule has 2 atom stereocenters. The van der Waals surface area contributed by atoms with Crippen LogP contribution < -0.4 is 5.32 Å². The Labute approximate surface area is 113 Å². The topological polar surface area (TPSA) is 28.2 Å². The van der Waals surface area contributed by atoms with Gasteiger partial charge in [0.1, 0.15) is 0 Å². The molecule has 7 heteroatoms. The minimum Gasteiger partial charge on any atom is -0.315 e. The van der Waals surface area contributed by atoms with Crippen LogP contribution >= 0.6 is 11.3 Å². The molecule has 0 radical (unpaired) electrons. The number of fused-ring (bicyclic) bond motifs is 2. The molecule has 106 valence electrons. The fourth-order valence-electron chi connectivity index (χ4n) is 3.03. The van der Waals surface area contributed by atoms with Gasteiger partial charge < -0.3 is 5.32 Å². The zero-order valence-corrected chi connectivity index (χ0v) is 11.2. The van der Waals surface area contributed by atoms with Crippen molar-refractivity contribution in [2.24, 2.45) is 0 Å². The number of hydrogen-bond donors (Lipinski definition) is 1. The largest absolute Gasteiger partial charge is 0.443 e. The average Bonchev–Trinajstić information content (AvgIpc) is 2.84. The number of alkyl halides is 3. The van der Waals surface area contributed by atoms with Crippen molar-refractivity contribution in [2.75, 3.05) is 13.1 Å². The number of hydrogen-bond acceptors (Lipinski definition) is 4. The van der Waals surface area contributed by atoms with E-state index in [0.29, 0.717) is 23.5 Å². The summed E-state index contributed by atoms with van der Waals surface area (Å²) >= 11 is 0.774. The number of halogens is 3. The van der Waals surface area contributed by atoms with Crippen LogP contribution in [-0.4, -0.2) is 35.1 Å². The second-order valence-electron chi connectivity index (χ2n) is 5.18. The number of aromatic nitrogens is 1. The molecule has 2 saturated heterocycles. The van der Waals surface area contributed by atoms with Crippen LogP contribution in [0.2, 0.25) is 0 Å². The molecule has 3 heterocycles. The van der Waals surface area contributed by atoms with Gasteiger partial charge in [-0.15, -0.1) is 11.3 Å². The highest BCUT2D eigenvalue weighted by molar-refractivity contribution is 7.11. The van der Waals surface area contributed by atoms with Gasteiger partial charge in [-0.1, -0.05) is 0 Å². The van der Waals surface area contributed by atoms with E-state index in [0.717, 1.165) is 43.7 Å². The van der Waals surface area contributed by atoms with Gasteiger partial charge >= 0.3 is 6.18 Å². The van der Waals surface area contributed by atoms with Crippen molar-refractivity contribution in [1.82, 2.24) is 15.2 Å². The van der Waals surface area contributed by atoms with E-state index in [9.17, 15) is 13.2 Å². The number of rotatable bonds is 2. The van der Waals surface area contributed by atoms with Crippen LogP contribution in [0.4, 0.5) is 13.2 Å². The fourth-order valence-corrected chi connectivity index (χ4v) is 3.82. The summed E-state index contributed by atoms with van der Waals surface area (Å²) in [4.78, 5) is 6.57. The lowest BCUT2D eigenvalue weighted by atomic mass is 10.1. The molecule has 3 rings (SSSR count). The van der Waals surface area contributed by atoms with Crippen LogP contribution in [0, 0.1) is 0 Å². The van der Waals surface area contributed by atoms with Gasteiger partial charge in [0.15, 0.2) is 5.01 Å². The monoisotopic (exact) mass is 291 g/mol. The quantitative estimate of drug-likeness (QED) is 0.907. The third-order valence-electron chi connectivity index (χ3n) is 3.94. The second-order valence-corrected chi connectivity index (χ2v) is 6.29. The minimum absolute atomic E-state index is 0.462. The second kappa shape index (κ2) is 5.03. The summed E-state index contributed by atoms with van der Waals surface area (Å²) in [5.41, 5.74) is 0. The van der Waals surface area contributed by atoms with E-state index in [1.807, 2.05) is 0 Å². The highest BCUT2D eigenvalue weighted by atomic mass is 32.1. The summed E-state index contributed by atoms with van der Waals surface area (Å²) in [5, 5.41) is 2.66. The van der Waals surface area contributed by atoms with E-state index < -0.39 is 11.2 Å². The van der Waals surface area contributed by atoms with Crippen molar-refractivity contribution in [3.05, 3.63) is 16.1 Å². The first-order valence-corrected chi connectivity index (χ1v) is 7.34. The number of thiazole rings is 1. The molecule has 3 nitrogen and oxygen atoms in total. The Morgan fingerprint density at radius 1 is 1.32 bits per heavy atom. The maximum absolute atomic E-state index is 12.5. The van der Waals surface area contributed by atoms with Crippen LogP contribution in [-0.2, 0) is 12.7 Å². The van der Waals surface area contributed by atoms with Crippen LogP contribution in [0.15, 0.2) is 6.20 Å². The summed E-state index contributed by atoms with van der Waals surface area (Å²) in [6.07, 6.45) is 0.453. The average molecular weight is 291 g/mol. The first-order chi connectivity index (χ1) is 9.04. The van der Waals surface area contributed by atoms with E-state index >= 15 is 0 Å². The first-order valence-electron chi connectivity index (χ1n) is 6.52. The van der Waals surface area contributed by atoms with E-state index in [1.165, 1.54) is 6.20 Å². The van der Waals surface area contributed by atoms with E-state index in [-0.39, 0.29) is 0 Å². The summed E-state index contributed by atoms with van der Waals surface area (Å²) in [6.45, 7) is 2.56. The standard InChI is InChI=1S/C12H16F3N3S/c13-12(14,15)11-17-6-10(19-11)7-18-8-1-2-9(18)5-16-4-3-8/h6,8-9,16H,1-5,7H2. The van der Waals surface area contributed by atoms with Crippen molar-refractivity contribution in [2.45, 2.75) is 44.1 Å². The van der Waals surface area contributed by atoms with E-state index in [4.69, 9.17) is 0 Å². The molecule has 19 heavy (non-hydrogen) atoms. The van der Waals surface area contributed by atoms with Gasteiger partial charge in [0.05, 0.1) is 0 Å². The number of nitrogens with zero attached hydrogens (tertiary/aromatic N) is 2. The maximum atomic E-state index is 12.5. The summed E-state index contributed by atoms with van der Waals surface area (Å²) in [7, 11) is 0. The van der Waals surface area contributed by atoms with Gasteiger partial charge in [-0.2, -0.15) is 13.2 Å². The molecule has 2 bridgehead atoms. The summed E-state index contributed by atoms with van der Waals surface area (Å²) in [5.74, 6) is 0. The van der Waals surface area contributed by atoms with Crippen molar-refractivity contribution < 1.29 is 13.2 Å². The van der Waals surface area contributed by atoms with Gasteiger partial charge in [0, 0.05) is 36.2 Å². The van der Waals surface area contributed by atoms with Gasteiger partial charge in [0.25, 0.3) is 0 Å². The van der Waals surface area contributed by atoms with Gasteiger partial charge in [-0.25, -0.2) is 4.98 Å².